The third-order valence-corrected chi connectivity index (χ3v) is 4.83. The number of methoxy groups -OCH3 is 1. The van der Waals surface area contributed by atoms with Crippen LogP contribution in [0.1, 0.15) is 30.7 Å². The lowest BCUT2D eigenvalue weighted by molar-refractivity contribution is 0.238. The fourth-order valence-electron chi connectivity index (χ4n) is 3.69. The SMILES string of the molecule is COc1ccccc1C1CCN(CC2CCNCC2)C1.Cl. The molecule has 3 rings (SSSR count). The summed E-state index contributed by atoms with van der Waals surface area (Å²) in [6.45, 7) is 6.13. The Hall–Kier alpha value is -0.770. The first-order valence-electron chi connectivity index (χ1n) is 7.93. The standard InChI is InChI=1S/C17H26N2O.ClH/c1-20-17-5-3-2-4-16(17)15-8-11-19(13-15)12-14-6-9-18-10-7-14;/h2-5,14-15,18H,6-13H2,1H3;1H. The second-order valence-corrected chi connectivity index (χ2v) is 6.18. The van der Waals surface area contributed by atoms with Crippen LogP contribution in [0.15, 0.2) is 24.3 Å². The van der Waals surface area contributed by atoms with Crippen molar-refractivity contribution >= 4 is 12.4 Å². The lowest BCUT2D eigenvalue weighted by Gasteiger charge is -2.27. The Balaban J connectivity index is 0.00000161. The average molecular weight is 311 g/mol. The van der Waals surface area contributed by atoms with Gasteiger partial charge in [-0.3, -0.25) is 0 Å². The summed E-state index contributed by atoms with van der Waals surface area (Å²) in [4.78, 5) is 2.66. The zero-order valence-corrected chi connectivity index (χ0v) is 13.7. The average Bonchev–Trinajstić information content (AvgIpc) is 2.96. The van der Waals surface area contributed by atoms with Gasteiger partial charge in [0, 0.05) is 19.0 Å². The van der Waals surface area contributed by atoms with Crippen LogP contribution in [0.2, 0.25) is 0 Å². The number of ether oxygens (including phenoxy) is 1. The van der Waals surface area contributed by atoms with Crippen molar-refractivity contribution in [2.75, 3.05) is 39.8 Å². The Kier molecular flexibility index (Phi) is 6.34. The first-order valence-corrected chi connectivity index (χ1v) is 7.93. The minimum Gasteiger partial charge on any atom is -0.496 e. The lowest BCUT2D eigenvalue weighted by Crippen LogP contribution is -2.35. The van der Waals surface area contributed by atoms with Gasteiger partial charge in [-0.2, -0.15) is 0 Å². The molecule has 4 heteroatoms. The first kappa shape index (κ1) is 16.6. The predicted octanol–water partition coefficient (Wildman–Crippen LogP) is 2.91. The molecule has 1 N–H and O–H groups in total. The maximum Gasteiger partial charge on any atom is 0.122 e. The van der Waals surface area contributed by atoms with Gasteiger partial charge in [0.15, 0.2) is 0 Å². The molecule has 1 unspecified atom stereocenters. The van der Waals surface area contributed by atoms with Crippen molar-refractivity contribution in [2.24, 2.45) is 5.92 Å². The highest BCUT2D eigenvalue weighted by molar-refractivity contribution is 5.85. The van der Waals surface area contributed by atoms with Crippen molar-refractivity contribution < 1.29 is 4.74 Å². The molecule has 118 valence electrons. The third kappa shape index (κ3) is 4.12. The van der Waals surface area contributed by atoms with E-state index in [0.29, 0.717) is 5.92 Å². The zero-order valence-electron chi connectivity index (χ0n) is 12.9. The molecule has 2 aliphatic rings. The van der Waals surface area contributed by atoms with E-state index in [-0.39, 0.29) is 12.4 Å². The van der Waals surface area contributed by atoms with Gasteiger partial charge >= 0.3 is 0 Å². The van der Waals surface area contributed by atoms with Gasteiger partial charge in [0.25, 0.3) is 0 Å². The molecule has 0 spiro atoms. The van der Waals surface area contributed by atoms with E-state index in [1.54, 1.807) is 7.11 Å². The van der Waals surface area contributed by atoms with E-state index >= 15 is 0 Å². The molecule has 2 fully saturated rings. The Labute approximate surface area is 134 Å². The van der Waals surface area contributed by atoms with Crippen LogP contribution < -0.4 is 10.1 Å². The molecule has 0 aliphatic carbocycles. The topological polar surface area (TPSA) is 24.5 Å². The second kappa shape index (κ2) is 8.02. The lowest BCUT2D eigenvalue weighted by atomic mass is 9.96. The van der Waals surface area contributed by atoms with Crippen LogP contribution in [-0.2, 0) is 0 Å². The quantitative estimate of drug-likeness (QED) is 0.925. The largest absolute Gasteiger partial charge is 0.496 e. The summed E-state index contributed by atoms with van der Waals surface area (Å²) in [6, 6.07) is 8.51. The van der Waals surface area contributed by atoms with Crippen molar-refractivity contribution in [2.45, 2.75) is 25.2 Å². The summed E-state index contributed by atoms with van der Waals surface area (Å²) in [6.07, 6.45) is 3.96. The maximum absolute atomic E-state index is 5.52. The van der Waals surface area contributed by atoms with E-state index in [4.69, 9.17) is 4.74 Å². The monoisotopic (exact) mass is 310 g/mol. The van der Waals surface area contributed by atoms with Gasteiger partial charge < -0.3 is 15.0 Å². The third-order valence-electron chi connectivity index (χ3n) is 4.83. The number of hydrogen-bond acceptors (Lipinski definition) is 3. The van der Waals surface area contributed by atoms with Crippen molar-refractivity contribution in [3.63, 3.8) is 0 Å². The molecule has 2 aliphatic heterocycles. The zero-order chi connectivity index (χ0) is 13.8. The molecule has 21 heavy (non-hydrogen) atoms. The molecule has 2 saturated heterocycles. The highest BCUT2D eigenvalue weighted by Gasteiger charge is 2.27. The molecule has 1 aromatic carbocycles. The number of nitrogens with zero attached hydrogens (tertiary/aromatic N) is 1. The van der Waals surface area contributed by atoms with E-state index in [9.17, 15) is 0 Å². The van der Waals surface area contributed by atoms with Gasteiger partial charge in [0.1, 0.15) is 5.75 Å². The summed E-state index contributed by atoms with van der Waals surface area (Å²) in [7, 11) is 1.78. The Morgan fingerprint density at radius 1 is 1.19 bits per heavy atom. The van der Waals surface area contributed by atoms with E-state index in [2.05, 4.69) is 34.5 Å². The molecule has 0 aromatic heterocycles. The number of likely N-dealkylation sites (tertiary alicyclic amines) is 1. The maximum atomic E-state index is 5.52. The fraction of sp³-hybridized carbons (Fsp3) is 0.647. The Bertz CT molecular complexity index is 435. The van der Waals surface area contributed by atoms with E-state index in [1.165, 1.54) is 57.5 Å². The molecule has 3 nitrogen and oxygen atoms in total. The van der Waals surface area contributed by atoms with Gasteiger partial charge in [-0.25, -0.2) is 0 Å². The van der Waals surface area contributed by atoms with Crippen LogP contribution in [0, 0.1) is 5.92 Å². The van der Waals surface area contributed by atoms with Gasteiger partial charge in [0.2, 0.25) is 0 Å². The van der Waals surface area contributed by atoms with Gasteiger partial charge in [-0.15, -0.1) is 12.4 Å². The van der Waals surface area contributed by atoms with Crippen LogP contribution in [0.3, 0.4) is 0 Å². The van der Waals surface area contributed by atoms with Gasteiger partial charge in [-0.1, -0.05) is 18.2 Å². The molecule has 0 radical (unpaired) electrons. The molecule has 1 atom stereocenters. The van der Waals surface area contributed by atoms with Crippen LogP contribution in [0.25, 0.3) is 0 Å². The minimum absolute atomic E-state index is 0. The van der Waals surface area contributed by atoms with Gasteiger partial charge in [-0.05, 0) is 56.4 Å². The second-order valence-electron chi connectivity index (χ2n) is 6.18. The van der Waals surface area contributed by atoms with Crippen LogP contribution in [-0.4, -0.2) is 44.7 Å². The number of nitrogens with one attached hydrogen (secondary N) is 1. The number of halogens is 1. The summed E-state index contributed by atoms with van der Waals surface area (Å²) < 4.78 is 5.52. The van der Waals surface area contributed by atoms with Crippen molar-refractivity contribution in [1.82, 2.24) is 10.2 Å². The molecular weight excluding hydrogens is 284 g/mol. The molecule has 0 saturated carbocycles. The summed E-state index contributed by atoms with van der Waals surface area (Å²) >= 11 is 0. The smallest absolute Gasteiger partial charge is 0.122 e. The molecule has 1 aromatic rings. The number of benzene rings is 1. The molecule has 2 heterocycles. The Morgan fingerprint density at radius 3 is 2.71 bits per heavy atom. The highest BCUT2D eigenvalue weighted by atomic mass is 35.5. The van der Waals surface area contributed by atoms with Gasteiger partial charge in [0.05, 0.1) is 7.11 Å². The molecule has 0 amide bonds. The van der Waals surface area contributed by atoms with Crippen LogP contribution in [0.4, 0.5) is 0 Å². The predicted molar refractivity (Wildman–Crippen MR) is 89.6 cm³/mol. The van der Waals surface area contributed by atoms with Crippen LogP contribution >= 0.6 is 12.4 Å². The molecular formula is C17H27ClN2O. The number of piperidine rings is 1. The van der Waals surface area contributed by atoms with Crippen molar-refractivity contribution in [1.29, 1.82) is 0 Å². The first-order chi connectivity index (χ1) is 9.86. The van der Waals surface area contributed by atoms with E-state index < -0.39 is 0 Å². The summed E-state index contributed by atoms with van der Waals surface area (Å²) in [5.74, 6) is 2.60. The number of rotatable bonds is 4. The van der Waals surface area contributed by atoms with E-state index in [0.717, 1.165) is 11.7 Å². The summed E-state index contributed by atoms with van der Waals surface area (Å²) in [5.41, 5.74) is 1.39. The van der Waals surface area contributed by atoms with Crippen molar-refractivity contribution in [3.05, 3.63) is 29.8 Å². The normalized spacial score (nSPS) is 23.8. The number of hydrogen-bond donors (Lipinski definition) is 1. The molecule has 0 bridgehead atoms. The summed E-state index contributed by atoms with van der Waals surface area (Å²) in [5, 5.41) is 3.45. The van der Waals surface area contributed by atoms with Crippen molar-refractivity contribution in [3.8, 4) is 5.75 Å². The fourth-order valence-corrected chi connectivity index (χ4v) is 3.69. The van der Waals surface area contributed by atoms with Crippen LogP contribution in [0.5, 0.6) is 5.75 Å². The highest BCUT2D eigenvalue weighted by Crippen LogP contribution is 2.33. The minimum atomic E-state index is 0. The van der Waals surface area contributed by atoms with E-state index in [1.807, 2.05) is 0 Å². The number of para-hydroxylation sites is 1. The Morgan fingerprint density at radius 2 is 1.95 bits per heavy atom.